The van der Waals surface area contributed by atoms with E-state index in [1.807, 2.05) is 43.3 Å². The molecule has 1 aromatic carbocycles. The molecule has 1 N–H and O–H groups in total. The van der Waals surface area contributed by atoms with Gasteiger partial charge in [-0.2, -0.15) is 0 Å². The number of rotatable bonds is 1. The third-order valence-electron chi connectivity index (χ3n) is 2.47. The van der Waals surface area contributed by atoms with Crippen molar-refractivity contribution >= 4 is 0 Å². The summed E-state index contributed by atoms with van der Waals surface area (Å²) in [6, 6.07) is 9.52. The average Bonchev–Trinajstić information content (AvgIpc) is 2.19. The molecule has 1 heterocycles. The van der Waals surface area contributed by atoms with Gasteiger partial charge in [-0.05, 0) is 19.4 Å². The van der Waals surface area contributed by atoms with E-state index in [1.165, 1.54) is 0 Å². The summed E-state index contributed by atoms with van der Waals surface area (Å²) in [6.07, 6.45) is 3.48. The molecule has 1 aliphatic rings. The predicted octanol–water partition coefficient (Wildman–Crippen LogP) is 2.55. The van der Waals surface area contributed by atoms with Crippen molar-refractivity contribution in [3.05, 3.63) is 47.7 Å². The molecule has 0 aromatic heterocycles. The quantitative estimate of drug-likeness (QED) is 0.737. The van der Waals surface area contributed by atoms with Crippen LogP contribution in [-0.4, -0.2) is 5.11 Å². The first-order valence-electron chi connectivity index (χ1n) is 4.84. The van der Waals surface area contributed by atoms with Gasteiger partial charge in [-0.1, -0.05) is 30.3 Å². The van der Waals surface area contributed by atoms with Crippen molar-refractivity contribution in [2.45, 2.75) is 25.6 Å². The van der Waals surface area contributed by atoms with Crippen LogP contribution < -0.4 is 0 Å². The molecule has 14 heavy (non-hydrogen) atoms. The second kappa shape index (κ2) is 3.46. The number of hydrogen-bond donors (Lipinski definition) is 1. The Kier molecular flexibility index (Phi) is 2.30. The van der Waals surface area contributed by atoms with Crippen molar-refractivity contribution < 1.29 is 9.84 Å². The zero-order valence-electron chi connectivity index (χ0n) is 8.23. The molecule has 2 heteroatoms. The Labute approximate surface area is 83.8 Å². The van der Waals surface area contributed by atoms with E-state index in [2.05, 4.69) is 0 Å². The summed E-state index contributed by atoms with van der Waals surface area (Å²) in [7, 11) is 0. The third-order valence-corrected chi connectivity index (χ3v) is 2.47. The van der Waals surface area contributed by atoms with Crippen molar-refractivity contribution in [3.8, 4) is 0 Å². The predicted molar refractivity (Wildman–Crippen MR) is 54.4 cm³/mol. The second-order valence-electron chi connectivity index (χ2n) is 3.61. The zero-order chi connectivity index (χ0) is 10.0. The number of allylic oxidation sites excluding steroid dienone is 2. The molecular weight excluding hydrogens is 176 g/mol. The molecule has 1 aromatic rings. The van der Waals surface area contributed by atoms with Crippen molar-refractivity contribution in [1.82, 2.24) is 0 Å². The standard InChI is InChI=1S/C12H14O2/c1-10-6-5-9-12(13,14-10)11-7-3-2-4-8-11/h2-4,6-8,13H,5,9H2,1H3/t12-/m0/s1. The van der Waals surface area contributed by atoms with Crippen molar-refractivity contribution in [3.63, 3.8) is 0 Å². The summed E-state index contributed by atoms with van der Waals surface area (Å²) in [5, 5.41) is 10.2. The third kappa shape index (κ3) is 1.66. The molecule has 0 fully saturated rings. The number of hydrogen-bond acceptors (Lipinski definition) is 2. The lowest BCUT2D eigenvalue weighted by Gasteiger charge is -2.32. The molecule has 0 spiro atoms. The molecule has 0 saturated heterocycles. The summed E-state index contributed by atoms with van der Waals surface area (Å²) in [4.78, 5) is 0. The van der Waals surface area contributed by atoms with Gasteiger partial charge in [-0.25, -0.2) is 0 Å². The molecule has 1 aliphatic heterocycles. The Bertz CT molecular complexity index is 343. The number of benzene rings is 1. The Morgan fingerprint density at radius 2 is 2.00 bits per heavy atom. The molecule has 0 saturated carbocycles. The minimum absolute atomic E-state index is 0.619. The van der Waals surface area contributed by atoms with Crippen LogP contribution in [0.4, 0.5) is 0 Å². The van der Waals surface area contributed by atoms with Crippen molar-refractivity contribution in [1.29, 1.82) is 0 Å². The molecule has 2 nitrogen and oxygen atoms in total. The average molecular weight is 190 g/mol. The summed E-state index contributed by atoms with van der Waals surface area (Å²) in [5.41, 5.74) is 0.826. The van der Waals surface area contributed by atoms with Crippen molar-refractivity contribution in [2.24, 2.45) is 0 Å². The van der Waals surface area contributed by atoms with Gasteiger partial charge < -0.3 is 9.84 Å². The Morgan fingerprint density at radius 3 is 2.64 bits per heavy atom. The van der Waals surface area contributed by atoms with E-state index in [4.69, 9.17) is 4.74 Å². The minimum atomic E-state index is -1.12. The zero-order valence-corrected chi connectivity index (χ0v) is 8.23. The van der Waals surface area contributed by atoms with Gasteiger partial charge in [-0.3, -0.25) is 0 Å². The van der Waals surface area contributed by atoms with Crippen LogP contribution in [-0.2, 0) is 10.5 Å². The summed E-state index contributed by atoms with van der Waals surface area (Å²) in [5.74, 6) is -0.331. The van der Waals surface area contributed by atoms with E-state index in [1.54, 1.807) is 0 Å². The molecule has 74 valence electrons. The first-order chi connectivity index (χ1) is 6.71. The lowest BCUT2D eigenvalue weighted by atomic mass is 9.98. The van der Waals surface area contributed by atoms with E-state index in [0.29, 0.717) is 6.42 Å². The molecule has 0 unspecified atom stereocenters. The molecule has 0 amide bonds. The van der Waals surface area contributed by atoms with Crippen LogP contribution in [0.5, 0.6) is 0 Å². The molecule has 2 rings (SSSR count). The fourth-order valence-electron chi connectivity index (χ4n) is 1.73. The fourth-order valence-corrected chi connectivity index (χ4v) is 1.73. The van der Waals surface area contributed by atoms with E-state index < -0.39 is 5.79 Å². The van der Waals surface area contributed by atoms with E-state index in [-0.39, 0.29) is 0 Å². The van der Waals surface area contributed by atoms with Crippen LogP contribution >= 0.6 is 0 Å². The molecular formula is C12H14O2. The van der Waals surface area contributed by atoms with Gasteiger partial charge in [0, 0.05) is 12.0 Å². The minimum Gasteiger partial charge on any atom is -0.463 e. The smallest absolute Gasteiger partial charge is 0.234 e. The SMILES string of the molecule is CC1=CCC[C@@](O)(c2ccccc2)O1. The largest absolute Gasteiger partial charge is 0.463 e. The van der Waals surface area contributed by atoms with Gasteiger partial charge in [-0.15, -0.1) is 0 Å². The summed E-state index contributed by atoms with van der Waals surface area (Å²) >= 11 is 0. The maximum Gasteiger partial charge on any atom is 0.234 e. The lowest BCUT2D eigenvalue weighted by Crippen LogP contribution is -2.30. The summed E-state index contributed by atoms with van der Waals surface area (Å²) < 4.78 is 5.48. The second-order valence-corrected chi connectivity index (χ2v) is 3.61. The Balaban J connectivity index is 2.30. The van der Waals surface area contributed by atoms with Gasteiger partial charge in [0.2, 0.25) is 5.79 Å². The highest BCUT2D eigenvalue weighted by atomic mass is 16.6. The fraction of sp³-hybridized carbons (Fsp3) is 0.333. The van der Waals surface area contributed by atoms with Crippen LogP contribution in [0.15, 0.2) is 42.2 Å². The first-order valence-corrected chi connectivity index (χ1v) is 4.84. The van der Waals surface area contributed by atoms with Gasteiger partial charge in [0.05, 0.1) is 5.76 Å². The molecule has 0 aliphatic carbocycles. The van der Waals surface area contributed by atoms with E-state index in [9.17, 15) is 5.11 Å². The Hall–Kier alpha value is -1.28. The lowest BCUT2D eigenvalue weighted by molar-refractivity contribution is -0.196. The van der Waals surface area contributed by atoms with Crippen LogP contribution in [0, 0.1) is 0 Å². The molecule has 0 bridgehead atoms. The van der Waals surface area contributed by atoms with Gasteiger partial charge in [0.15, 0.2) is 0 Å². The van der Waals surface area contributed by atoms with Gasteiger partial charge in [0.25, 0.3) is 0 Å². The maximum absolute atomic E-state index is 10.2. The Morgan fingerprint density at radius 1 is 1.29 bits per heavy atom. The topological polar surface area (TPSA) is 29.5 Å². The number of ether oxygens (including phenoxy) is 1. The highest BCUT2D eigenvalue weighted by molar-refractivity contribution is 5.21. The van der Waals surface area contributed by atoms with Crippen LogP contribution in [0.2, 0.25) is 0 Å². The van der Waals surface area contributed by atoms with E-state index in [0.717, 1.165) is 17.7 Å². The molecule has 0 radical (unpaired) electrons. The van der Waals surface area contributed by atoms with Gasteiger partial charge in [0.1, 0.15) is 0 Å². The van der Waals surface area contributed by atoms with Gasteiger partial charge >= 0.3 is 0 Å². The van der Waals surface area contributed by atoms with Crippen LogP contribution in [0.25, 0.3) is 0 Å². The van der Waals surface area contributed by atoms with E-state index >= 15 is 0 Å². The molecule has 1 atom stereocenters. The van der Waals surface area contributed by atoms with Crippen LogP contribution in [0.3, 0.4) is 0 Å². The summed E-state index contributed by atoms with van der Waals surface area (Å²) in [6.45, 7) is 1.87. The monoisotopic (exact) mass is 190 g/mol. The number of aliphatic hydroxyl groups is 1. The highest BCUT2D eigenvalue weighted by Crippen LogP contribution is 2.33. The van der Waals surface area contributed by atoms with Crippen molar-refractivity contribution in [2.75, 3.05) is 0 Å². The van der Waals surface area contributed by atoms with Crippen LogP contribution in [0.1, 0.15) is 25.3 Å². The normalized spacial score (nSPS) is 26.6. The maximum atomic E-state index is 10.2. The first kappa shape index (κ1) is 9.28. The highest BCUT2D eigenvalue weighted by Gasteiger charge is 2.32.